The van der Waals surface area contributed by atoms with Gasteiger partial charge < -0.3 is 15.6 Å². The van der Waals surface area contributed by atoms with E-state index in [1.165, 1.54) is 6.42 Å². The number of hydrogen-bond acceptors (Lipinski definition) is 3. The summed E-state index contributed by atoms with van der Waals surface area (Å²) >= 11 is 0. The van der Waals surface area contributed by atoms with Gasteiger partial charge in [-0.05, 0) is 31.5 Å². The van der Waals surface area contributed by atoms with Crippen molar-refractivity contribution in [1.29, 1.82) is 0 Å². The molecule has 1 aromatic heterocycles. The first kappa shape index (κ1) is 18.7. The second kappa shape index (κ2) is 8.98. The van der Waals surface area contributed by atoms with Crippen LogP contribution in [-0.2, 0) is 11.2 Å². The van der Waals surface area contributed by atoms with Gasteiger partial charge in [0.15, 0.2) is 0 Å². The van der Waals surface area contributed by atoms with Crippen LogP contribution in [0.2, 0.25) is 0 Å². The minimum absolute atomic E-state index is 0. The van der Waals surface area contributed by atoms with Gasteiger partial charge in [-0.1, -0.05) is 18.6 Å². The largest absolute Gasteiger partial charge is 0.354 e. The van der Waals surface area contributed by atoms with Gasteiger partial charge in [0, 0.05) is 13.0 Å². The van der Waals surface area contributed by atoms with Crippen LogP contribution in [0.5, 0.6) is 0 Å². The molecule has 1 amide bonds. The third-order valence-electron chi connectivity index (χ3n) is 3.73. The Hall–Kier alpha value is -1.30. The van der Waals surface area contributed by atoms with Gasteiger partial charge in [-0.25, -0.2) is 4.98 Å². The van der Waals surface area contributed by atoms with E-state index in [1.807, 2.05) is 24.3 Å². The van der Waals surface area contributed by atoms with Crippen LogP contribution in [-0.4, -0.2) is 35.0 Å². The fourth-order valence-electron chi connectivity index (χ4n) is 2.63. The fourth-order valence-corrected chi connectivity index (χ4v) is 2.63. The number of carbonyl (C=O) groups is 1. The number of nitrogens with zero attached hydrogens (tertiary/aromatic N) is 1. The van der Waals surface area contributed by atoms with Gasteiger partial charge in [0.25, 0.3) is 0 Å². The lowest BCUT2D eigenvalue weighted by molar-refractivity contribution is -0.123. The molecule has 122 valence electrons. The number of H-pyrrole nitrogens is 1. The molecule has 1 fully saturated rings. The fraction of sp³-hybridized carbons (Fsp3) is 0.467. The van der Waals surface area contributed by atoms with Gasteiger partial charge in [0.2, 0.25) is 5.91 Å². The predicted molar refractivity (Wildman–Crippen MR) is 92.9 cm³/mol. The van der Waals surface area contributed by atoms with E-state index in [0.717, 1.165) is 42.7 Å². The van der Waals surface area contributed by atoms with Crippen LogP contribution in [0.25, 0.3) is 11.0 Å². The smallest absolute Gasteiger partial charge is 0.237 e. The number of rotatable bonds is 4. The van der Waals surface area contributed by atoms with Crippen molar-refractivity contribution in [2.75, 3.05) is 13.1 Å². The number of aromatic amines is 1. The van der Waals surface area contributed by atoms with E-state index in [4.69, 9.17) is 0 Å². The summed E-state index contributed by atoms with van der Waals surface area (Å²) in [5.41, 5.74) is 2.02. The number of fused-ring (bicyclic) bond motifs is 1. The van der Waals surface area contributed by atoms with Crippen molar-refractivity contribution >= 4 is 41.8 Å². The van der Waals surface area contributed by atoms with Gasteiger partial charge in [-0.3, -0.25) is 4.79 Å². The molecule has 1 atom stereocenters. The summed E-state index contributed by atoms with van der Waals surface area (Å²) in [6.45, 7) is 1.57. The van der Waals surface area contributed by atoms with Crippen molar-refractivity contribution in [2.24, 2.45) is 0 Å². The van der Waals surface area contributed by atoms with Gasteiger partial charge in [-0.15, -0.1) is 24.8 Å². The van der Waals surface area contributed by atoms with Crippen molar-refractivity contribution in [3.05, 3.63) is 30.1 Å². The Bertz CT molecular complexity index is 563. The number of para-hydroxylation sites is 2. The molecule has 1 aliphatic rings. The zero-order chi connectivity index (χ0) is 13.8. The van der Waals surface area contributed by atoms with E-state index in [-0.39, 0.29) is 36.8 Å². The highest BCUT2D eigenvalue weighted by Gasteiger charge is 2.19. The molecule has 3 N–H and O–H groups in total. The third kappa shape index (κ3) is 4.60. The van der Waals surface area contributed by atoms with Crippen LogP contribution >= 0.6 is 24.8 Å². The molecule has 0 aliphatic carbocycles. The second-order valence-electron chi connectivity index (χ2n) is 5.24. The highest BCUT2D eigenvalue weighted by atomic mass is 35.5. The monoisotopic (exact) mass is 344 g/mol. The lowest BCUT2D eigenvalue weighted by Gasteiger charge is -2.22. The average molecular weight is 345 g/mol. The van der Waals surface area contributed by atoms with E-state index >= 15 is 0 Å². The molecule has 2 heterocycles. The first-order valence-corrected chi connectivity index (χ1v) is 7.27. The maximum Gasteiger partial charge on any atom is 0.237 e. The van der Waals surface area contributed by atoms with E-state index < -0.39 is 0 Å². The van der Waals surface area contributed by atoms with E-state index in [1.54, 1.807) is 0 Å². The molecule has 0 spiro atoms. The summed E-state index contributed by atoms with van der Waals surface area (Å²) in [4.78, 5) is 19.7. The van der Waals surface area contributed by atoms with Crippen molar-refractivity contribution in [1.82, 2.24) is 20.6 Å². The Morgan fingerprint density at radius 1 is 1.27 bits per heavy atom. The number of aromatic nitrogens is 2. The number of amides is 1. The summed E-state index contributed by atoms with van der Waals surface area (Å²) in [5.74, 6) is 1.03. The van der Waals surface area contributed by atoms with Crippen LogP contribution < -0.4 is 10.6 Å². The van der Waals surface area contributed by atoms with Crippen LogP contribution in [0.4, 0.5) is 0 Å². The van der Waals surface area contributed by atoms with Crippen molar-refractivity contribution in [3.8, 4) is 0 Å². The first-order valence-electron chi connectivity index (χ1n) is 7.27. The predicted octanol–water partition coefficient (Wildman–Crippen LogP) is 2.21. The number of benzene rings is 1. The molecule has 22 heavy (non-hydrogen) atoms. The Kier molecular flexibility index (Phi) is 7.65. The first-order chi connectivity index (χ1) is 9.83. The highest BCUT2D eigenvalue weighted by Crippen LogP contribution is 2.10. The molecule has 2 aromatic rings. The molecular formula is C15H22Cl2N4O. The van der Waals surface area contributed by atoms with Gasteiger partial charge >= 0.3 is 0 Å². The van der Waals surface area contributed by atoms with E-state index in [2.05, 4.69) is 20.6 Å². The van der Waals surface area contributed by atoms with E-state index in [0.29, 0.717) is 6.54 Å². The summed E-state index contributed by atoms with van der Waals surface area (Å²) in [6.07, 6.45) is 3.97. The lowest BCUT2D eigenvalue weighted by atomic mass is 10.0. The molecule has 0 radical (unpaired) electrons. The maximum absolute atomic E-state index is 12.0. The molecule has 5 nitrogen and oxygen atoms in total. The Labute approximate surface area is 142 Å². The molecule has 1 aliphatic heterocycles. The molecule has 0 unspecified atom stereocenters. The van der Waals surface area contributed by atoms with E-state index in [9.17, 15) is 4.79 Å². The Morgan fingerprint density at radius 2 is 2.09 bits per heavy atom. The number of halogens is 2. The molecule has 3 rings (SSSR count). The number of piperidine rings is 1. The third-order valence-corrected chi connectivity index (χ3v) is 3.73. The SMILES string of the molecule is Cl.Cl.O=C(NCCc1nc2ccccc2[nH]1)[C@H]1CCCCN1. The number of hydrogen-bond donors (Lipinski definition) is 3. The van der Waals surface area contributed by atoms with Gasteiger partial charge in [0.1, 0.15) is 5.82 Å². The molecule has 0 bridgehead atoms. The van der Waals surface area contributed by atoms with Crippen molar-refractivity contribution in [2.45, 2.75) is 31.7 Å². The second-order valence-corrected chi connectivity index (χ2v) is 5.24. The highest BCUT2D eigenvalue weighted by molar-refractivity contribution is 5.85. The lowest BCUT2D eigenvalue weighted by Crippen LogP contribution is -2.47. The summed E-state index contributed by atoms with van der Waals surface area (Å²) in [6, 6.07) is 7.94. The number of imidazole rings is 1. The van der Waals surface area contributed by atoms with Gasteiger partial charge in [0.05, 0.1) is 17.1 Å². The van der Waals surface area contributed by atoms with Gasteiger partial charge in [-0.2, -0.15) is 0 Å². The summed E-state index contributed by atoms with van der Waals surface area (Å²) < 4.78 is 0. The molecule has 7 heteroatoms. The molecule has 1 saturated heterocycles. The van der Waals surface area contributed by atoms with Crippen LogP contribution in [0, 0.1) is 0 Å². The van der Waals surface area contributed by atoms with Crippen molar-refractivity contribution in [3.63, 3.8) is 0 Å². The zero-order valence-corrected chi connectivity index (χ0v) is 13.9. The maximum atomic E-state index is 12.0. The minimum Gasteiger partial charge on any atom is -0.354 e. The minimum atomic E-state index is -0.0144. The summed E-state index contributed by atoms with van der Waals surface area (Å²) in [7, 11) is 0. The molecule has 0 saturated carbocycles. The van der Waals surface area contributed by atoms with Crippen LogP contribution in [0.3, 0.4) is 0 Å². The Morgan fingerprint density at radius 3 is 2.82 bits per heavy atom. The topological polar surface area (TPSA) is 69.8 Å². The normalized spacial score (nSPS) is 17.4. The van der Waals surface area contributed by atoms with Crippen LogP contribution in [0.15, 0.2) is 24.3 Å². The average Bonchev–Trinajstić information content (AvgIpc) is 2.90. The van der Waals surface area contributed by atoms with Crippen molar-refractivity contribution < 1.29 is 4.79 Å². The quantitative estimate of drug-likeness (QED) is 0.796. The van der Waals surface area contributed by atoms with Crippen LogP contribution in [0.1, 0.15) is 25.1 Å². The molecule has 1 aromatic carbocycles. The standard InChI is InChI=1S/C15H20N4O.2ClH/c20-15(13-7-3-4-9-16-13)17-10-8-14-18-11-5-1-2-6-12(11)19-14;;/h1-2,5-6,13,16H,3-4,7-10H2,(H,17,20)(H,18,19);2*1H/t13-;;/m1../s1. The number of carbonyl (C=O) groups excluding carboxylic acids is 1. The number of nitrogens with one attached hydrogen (secondary N) is 3. The zero-order valence-electron chi connectivity index (χ0n) is 12.3. The molecular weight excluding hydrogens is 323 g/mol. The Balaban J connectivity index is 0.00000121. The summed E-state index contributed by atoms with van der Waals surface area (Å²) in [5, 5.41) is 6.24.